The third kappa shape index (κ3) is 2.21. The highest BCUT2D eigenvalue weighted by Gasteiger charge is 2.01. The molecule has 0 aliphatic carbocycles. The Kier molecular flexibility index (Phi) is 3.53. The number of pyridine rings is 1. The first kappa shape index (κ1) is 9.52. The predicted molar refractivity (Wildman–Crippen MR) is 52.2 cm³/mol. The number of ether oxygens (including phenoxy) is 1. The molecule has 0 aliphatic heterocycles. The van der Waals surface area contributed by atoms with Gasteiger partial charge in [-0.05, 0) is 34.8 Å². The topological polar surface area (TPSA) is 22.1 Å². The minimum absolute atomic E-state index is 0.662. The van der Waals surface area contributed by atoms with Crippen LogP contribution in [0, 0.1) is 6.42 Å². The van der Waals surface area contributed by atoms with E-state index in [0.29, 0.717) is 5.88 Å². The fourth-order valence-electron chi connectivity index (χ4n) is 0.915. The molecule has 0 spiro atoms. The standard InChI is InChI=1S/C9H11BrNO/c1-3-4-8-7(10)5-6-9(11-8)12-2/h3,5-6H,4H2,1-2H3. The molecule has 3 heteroatoms. The maximum absolute atomic E-state index is 5.01. The number of hydrogen-bond acceptors (Lipinski definition) is 2. The highest BCUT2D eigenvalue weighted by molar-refractivity contribution is 9.10. The molecule has 1 rings (SSSR count). The maximum atomic E-state index is 5.01. The molecule has 0 N–H and O–H groups in total. The summed E-state index contributed by atoms with van der Waals surface area (Å²) < 4.78 is 6.04. The van der Waals surface area contributed by atoms with E-state index in [4.69, 9.17) is 4.74 Å². The first-order valence-corrected chi connectivity index (χ1v) is 4.54. The van der Waals surface area contributed by atoms with Gasteiger partial charge in [-0.25, -0.2) is 4.98 Å². The SMILES string of the molecule is C[CH]Cc1nc(OC)ccc1Br. The Bertz CT molecular complexity index is 263. The molecule has 0 aliphatic rings. The number of halogens is 1. The Morgan fingerprint density at radius 3 is 2.92 bits per heavy atom. The smallest absolute Gasteiger partial charge is 0.213 e. The van der Waals surface area contributed by atoms with Gasteiger partial charge in [-0.3, -0.25) is 0 Å². The number of nitrogens with zero attached hydrogens (tertiary/aromatic N) is 1. The van der Waals surface area contributed by atoms with Crippen LogP contribution in [0.25, 0.3) is 0 Å². The average Bonchev–Trinajstić information content (AvgIpc) is 2.09. The monoisotopic (exact) mass is 228 g/mol. The van der Waals surface area contributed by atoms with Gasteiger partial charge >= 0.3 is 0 Å². The average molecular weight is 229 g/mol. The lowest BCUT2D eigenvalue weighted by molar-refractivity contribution is 0.396. The highest BCUT2D eigenvalue weighted by atomic mass is 79.9. The quantitative estimate of drug-likeness (QED) is 0.794. The van der Waals surface area contributed by atoms with Crippen LogP contribution < -0.4 is 4.74 Å². The van der Waals surface area contributed by atoms with Gasteiger partial charge in [0.25, 0.3) is 0 Å². The van der Waals surface area contributed by atoms with Crippen LogP contribution in [0.2, 0.25) is 0 Å². The van der Waals surface area contributed by atoms with Crippen LogP contribution in [0.15, 0.2) is 16.6 Å². The Morgan fingerprint density at radius 1 is 1.58 bits per heavy atom. The molecule has 1 heterocycles. The van der Waals surface area contributed by atoms with E-state index < -0.39 is 0 Å². The second kappa shape index (κ2) is 4.45. The van der Waals surface area contributed by atoms with Crippen LogP contribution in [0.4, 0.5) is 0 Å². The molecular weight excluding hydrogens is 218 g/mol. The molecule has 0 bridgehead atoms. The van der Waals surface area contributed by atoms with Crippen molar-refractivity contribution in [3.8, 4) is 5.88 Å². The van der Waals surface area contributed by atoms with Crippen molar-refractivity contribution in [1.82, 2.24) is 4.98 Å². The van der Waals surface area contributed by atoms with Crippen LogP contribution >= 0.6 is 15.9 Å². The molecule has 12 heavy (non-hydrogen) atoms. The van der Waals surface area contributed by atoms with Crippen LogP contribution in [0.3, 0.4) is 0 Å². The normalized spacial score (nSPS) is 9.92. The number of hydrogen-bond donors (Lipinski definition) is 0. The van der Waals surface area contributed by atoms with Gasteiger partial charge < -0.3 is 4.74 Å². The Labute approximate surface area is 81.1 Å². The fourth-order valence-corrected chi connectivity index (χ4v) is 1.30. The molecule has 1 aromatic rings. The van der Waals surface area contributed by atoms with Crippen molar-refractivity contribution in [3.63, 3.8) is 0 Å². The zero-order valence-corrected chi connectivity index (χ0v) is 8.76. The van der Waals surface area contributed by atoms with E-state index in [2.05, 4.69) is 27.3 Å². The van der Waals surface area contributed by atoms with Crippen molar-refractivity contribution in [3.05, 3.63) is 28.7 Å². The second-order valence-corrected chi connectivity index (χ2v) is 3.25. The van der Waals surface area contributed by atoms with Crippen LogP contribution in [0.1, 0.15) is 12.6 Å². The Hall–Kier alpha value is -0.570. The minimum atomic E-state index is 0.662. The lowest BCUT2D eigenvalue weighted by Crippen LogP contribution is -1.94. The zero-order chi connectivity index (χ0) is 8.97. The van der Waals surface area contributed by atoms with E-state index in [0.717, 1.165) is 16.6 Å². The molecule has 0 saturated heterocycles. The summed E-state index contributed by atoms with van der Waals surface area (Å²) in [7, 11) is 1.62. The summed E-state index contributed by atoms with van der Waals surface area (Å²) in [5.41, 5.74) is 1.01. The number of methoxy groups -OCH3 is 1. The van der Waals surface area contributed by atoms with Crippen molar-refractivity contribution in [2.75, 3.05) is 7.11 Å². The minimum Gasteiger partial charge on any atom is -0.481 e. The summed E-state index contributed by atoms with van der Waals surface area (Å²) in [5.74, 6) is 0.662. The van der Waals surface area contributed by atoms with Gasteiger partial charge in [-0.2, -0.15) is 0 Å². The van der Waals surface area contributed by atoms with E-state index in [9.17, 15) is 0 Å². The van der Waals surface area contributed by atoms with E-state index >= 15 is 0 Å². The Balaban J connectivity index is 2.91. The number of aromatic nitrogens is 1. The van der Waals surface area contributed by atoms with Crippen LogP contribution in [0.5, 0.6) is 5.88 Å². The molecule has 65 valence electrons. The van der Waals surface area contributed by atoms with E-state index in [1.165, 1.54) is 0 Å². The van der Waals surface area contributed by atoms with E-state index in [-0.39, 0.29) is 0 Å². The molecule has 0 amide bonds. The first-order valence-electron chi connectivity index (χ1n) is 3.75. The summed E-state index contributed by atoms with van der Waals surface area (Å²) in [4.78, 5) is 4.28. The summed E-state index contributed by atoms with van der Waals surface area (Å²) in [6.45, 7) is 2.01. The van der Waals surface area contributed by atoms with Gasteiger partial charge in [0.1, 0.15) is 0 Å². The number of rotatable bonds is 3. The Morgan fingerprint density at radius 2 is 2.33 bits per heavy atom. The van der Waals surface area contributed by atoms with Gasteiger partial charge in [-0.1, -0.05) is 6.92 Å². The van der Waals surface area contributed by atoms with Crippen molar-refractivity contribution in [2.24, 2.45) is 0 Å². The largest absolute Gasteiger partial charge is 0.481 e. The molecule has 0 aromatic carbocycles. The van der Waals surface area contributed by atoms with Crippen molar-refractivity contribution in [1.29, 1.82) is 0 Å². The third-order valence-electron chi connectivity index (χ3n) is 1.50. The second-order valence-electron chi connectivity index (χ2n) is 2.39. The van der Waals surface area contributed by atoms with Gasteiger partial charge in [0.15, 0.2) is 0 Å². The molecule has 2 nitrogen and oxygen atoms in total. The zero-order valence-electron chi connectivity index (χ0n) is 7.17. The van der Waals surface area contributed by atoms with Gasteiger partial charge in [-0.15, -0.1) is 0 Å². The van der Waals surface area contributed by atoms with Crippen LogP contribution in [-0.4, -0.2) is 12.1 Å². The first-order chi connectivity index (χ1) is 5.77. The summed E-state index contributed by atoms with van der Waals surface area (Å²) >= 11 is 3.42. The molecule has 0 fully saturated rings. The van der Waals surface area contributed by atoms with Crippen molar-refractivity contribution in [2.45, 2.75) is 13.3 Å². The molecule has 0 atom stereocenters. The van der Waals surface area contributed by atoms with Gasteiger partial charge in [0, 0.05) is 10.5 Å². The lowest BCUT2D eigenvalue weighted by atomic mass is 10.2. The molecule has 0 saturated carbocycles. The van der Waals surface area contributed by atoms with Gasteiger partial charge in [0.05, 0.1) is 12.8 Å². The molecular formula is C9H11BrNO. The van der Waals surface area contributed by atoms with Crippen molar-refractivity contribution < 1.29 is 4.74 Å². The molecule has 0 unspecified atom stereocenters. The lowest BCUT2D eigenvalue weighted by Gasteiger charge is -2.03. The third-order valence-corrected chi connectivity index (χ3v) is 2.22. The van der Waals surface area contributed by atoms with E-state index in [1.807, 2.05) is 19.1 Å². The van der Waals surface area contributed by atoms with E-state index in [1.54, 1.807) is 7.11 Å². The molecule has 1 radical (unpaired) electrons. The fraction of sp³-hybridized carbons (Fsp3) is 0.333. The summed E-state index contributed by atoms with van der Waals surface area (Å²) in [6, 6.07) is 3.79. The molecule has 1 aromatic heterocycles. The van der Waals surface area contributed by atoms with Gasteiger partial charge in [0.2, 0.25) is 5.88 Å². The van der Waals surface area contributed by atoms with Crippen LogP contribution in [-0.2, 0) is 6.42 Å². The summed E-state index contributed by atoms with van der Waals surface area (Å²) in [5, 5.41) is 0. The summed E-state index contributed by atoms with van der Waals surface area (Å²) in [6.07, 6.45) is 2.92. The van der Waals surface area contributed by atoms with Crippen molar-refractivity contribution >= 4 is 15.9 Å². The maximum Gasteiger partial charge on any atom is 0.213 e. The highest BCUT2D eigenvalue weighted by Crippen LogP contribution is 2.19. The predicted octanol–water partition coefficient (Wildman–Crippen LogP) is 2.62.